The smallest absolute Gasteiger partial charge is 0.330 e. The first-order chi connectivity index (χ1) is 17.8. The summed E-state index contributed by atoms with van der Waals surface area (Å²) in [5, 5.41) is 40.3. The van der Waals surface area contributed by atoms with E-state index in [1.807, 2.05) is 53.5 Å². The third-order valence-electron chi connectivity index (χ3n) is 7.08. The molecular weight excluding hydrogens is 478 g/mol. The maximum absolute atomic E-state index is 13.2. The topological polar surface area (TPSA) is 154 Å². The molecule has 4 aromatic carbocycles. The summed E-state index contributed by atoms with van der Waals surface area (Å²) < 4.78 is 6.36. The minimum atomic E-state index is -2.46. The predicted molar refractivity (Wildman–Crippen MR) is 135 cm³/mol. The molecule has 1 fully saturated rings. The molecule has 0 radical (unpaired) electrons. The molecule has 0 bridgehead atoms. The number of nitrogens with one attached hydrogen (secondary N) is 2. The van der Waals surface area contributed by atoms with Gasteiger partial charge < -0.3 is 25.4 Å². The Morgan fingerprint density at radius 2 is 1.68 bits per heavy atom. The quantitative estimate of drug-likeness (QED) is 0.176. The number of aliphatic hydroxyl groups is 3. The Morgan fingerprint density at radius 1 is 1.00 bits per heavy atom. The van der Waals surface area contributed by atoms with Gasteiger partial charge in [0.05, 0.1) is 13.0 Å². The molecule has 6 rings (SSSR count). The van der Waals surface area contributed by atoms with E-state index in [4.69, 9.17) is 4.74 Å². The van der Waals surface area contributed by atoms with Crippen LogP contribution in [0.25, 0.3) is 32.3 Å². The van der Waals surface area contributed by atoms with Crippen molar-refractivity contribution in [1.82, 2.24) is 14.9 Å². The van der Waals surface area contributed by atoms with E-state index in [0.29, 0.717) is 5.56 Å². The number of amides is 1. The molecule has 188 valence electrons. The summed E-state index contributed by atoms with van der Waals surface area (Å²) >= 11 is 0. The number of aromatic nitrogens is 2. The van der Waals surface area contributed by atoms with Gasteiger partial charge in [-0.3, -0.25) is 19.1 Å². The number of carbonyl (C=O) groups is 1. The van der Waals surface area contributed by atoms with Crippen LogP contribution in [0.2, 0.25) is 0 Å². The molecule has 1 aliphatic rings. The molecule has 10 heteroatoms. The van der Waals surface area contributed by atoms with Gasteiger partial charge in [-0.1, -0.05) is 54.6 Å². The van der Waals surface area contributed by atoms with Crippen LogP contribution in [0.3, 0.4) is 0 Å². The van der Waals surface area contributed by atoms with Crippen molar-refractivity contribution in [2.24, 2.45) is 0 Å². The predicted octanol–water partition coefficient (Wildman–Crippen LogP) is 0.732. The summed E-state index contributed by atoms with van der Waals surface area (Å²) in [6, 6.07) is 18.9. The highest BCUT2D eigenvalue weighted by molar-refractivity contribution is 6.23. The van der Waals surface area contributed by atoms with Crippen molar-refractivity contribution >= 4 is 38.2 Å². The van der Waals surface area contributed by atoms with Gasteiger partial charge in [0, 0.05) is 12.3 Å². The maximum Gasteiger partial charge on any atom is 0.330 e. The second kappa shape index (κ2) is 8.49. The number of carbonyl (C=O) groups excluding carboxylic acids is 1. The molecule has 0 aliphatic carbocycles. The Kier molecular flexibility index (Phi) is 5.35. The summed E-state index contributed by atoms with van der Waals surface area (Å²) in [7, 11) is 0. The summed E-state index contributed by atoms with van der Waals surface area (Å²) in [4.78, 5) is 39.1. The highest BCUT2D eigenvalue weighted by Crippen LogP contribution is 2.37. The minimum absolute atomic E-state index is 0.139. The Bertz CT molecular complexity index is 1760. The second-order valence-electron chi connectivity index (χ2n) is 9.30. The van der Waals surface area contributed by atoms with E-state index in [1.54, 1.807) is 0 Å². The SMILES string of the molecule is O=C(Cc1ccc2ccc3cccc4ccc1c2c34)N[C@@]1(O)[C@H](O)[C@@H](CO)O[C@H]1n1ccc(=O)[nH]c1=O. The molecule has 2 heterocycles. The molecule has 0 unspecified atom stereocenters. The van der Waals surface area contributed by atoms with Gasteiger partial charge >= 0.3 is 5.69 Å². The van der Waals surface area contributed by atoms with E-state index in [-0.39, 0.29) is 6.42 Å². The average molecular weight is 501 g/mol. The monoisotopic (exact) mass is 501 g/mol. The van der Waals surface area contributed by atoms with E-state index < -0.39 is 47.9 Å². The minimum Gasteiger partial charge on any atom is -0.394 e. The van der Waals surface area contributed by atoms with Crippen LogP contribution in [0.1, 0.15) is 11.8 Å². The van der Waals surface area contributed by atoms with E-state index in [9.17, 15) is 29.7 Å². The van der Waals surface area contributed by atoms with Gasteiger partial charge in [-0.25, -0.2) is 4.79 Å². The molecule has 37 heavy (non-hydrogen) atoms. The third kappa shape index (κ3) is 3.61. The van der Waals surface area contributed by atoms with Gasteiger partial charge in [-0.05, 0) is 37.9 Å². The fourth-order valence-electron chi connectivity index (χ4n) is 5.33. The highest BCUT2D eigenvalue weighted by Gasteiger charge is 2.57. The molecule has 1 saturated heterocycles. The van der Waals surface area contributed by atoms with Crippen molar-refractivity contribution in [2.75, 3.05) is 6.61 Å². The zero-order chi connectivity index (χ0) is 25.9. The van der Waals surface area contributed by atoms with Crippen molar-refractivity contribution in [1.29, 1.82) is 0 Å². The van der Waals surface area contributed by atoms with E-state index >= 15 is 0 Å². The molecule has 10 nitrogen and oxygen atoms in total. The van der Waals surface area contributed by atoms with Crippen molar-refractivity contribution in [3.8, 4) is 0 Å². The summed E-state index contributed by atoms with van der Waals surface area (Å²) in [5.74, 6) is -0.638. The number of H-pyrrole nitrogens is 1. The number of benzene rings is 4. The van der Waals surface area contributed by atoms with Crippen LogP contribution < -0.4 is 16.6 Å². The van der Waals surface area contributed by atoms with Gasteiger partial charge in [-0.2, -0.15) is 0 Å². The van der Waals surface area contributed by atoms with Crippen molar-refractivity contribution in [2.45, 2.75) is 30.6 Å². The highest BCUT2D eigenvalue weighted by atomic mass is 16.6. The van der Waals surface area contributed by atoms with Crippen LogP contribution >= 0.6 is 0 Å². The standard InChI is InChI=1S/C27H23N3O7/c31-13-19-24(34)27(36,25(37-19)30-11-10-20(32)28-26(30)35)29-21(33)12-17-7-6-16-5-4-14-2-1-3-15-8-9-18(17)23(16)22(14)15/h1-11,19,24-25,31,34,36H,12-13H2,(H,29,33)(H,28,32,35)/t19-,24-,25-,27-/m1/s1. The fourth-order valence-corrected chi connectivity index (χ4v) is 5.33. The van der Waals surface area contributed by atoms with Crippen LogP contribution in [0.4, 0.5) is 0 Å². The Hall–Kier alpha value is -4.09. The van der Waals surface area contributed by atoms with Crippen molar-refractivity contribution in [3.05, 3.63) is 93.3 Å². The number of nitrogens with zero attached hydrogens (tertiary/aromatic N) is 1. The van der Waals surface area contributed by atoms with Crippen LogP contribution in [-0.4, -0.2) is 55.3 Å². The lowest BCUT2D eigenvalue weighted by atomic mass is 9.91. The van der Waals surface area contributed by atoms with Crippen LogP contribution in [0.15, 0.2) is 76.4 Å². The van der Waals surface area contributed by atoms with E-state index in [0.717, 1.165) is 49.1 Å². The Labute approximate surface area is 208 Å². The number of ether oxygens (including phenoxy) is 1. The first-order valence-electron chi connectivity index (χ1n) is 11.7. The number of aliphatic hydroxyl groups excluding tert-OH is 2. The maximum atomic E-state index is 13.2. The van der Waals surface area contributed by atoms with Crippen LogP contribution in [0.5, 0.6) is 0 Å². The number of rotatable bonds is 5. The molecule has 1 aromatic heterocycles. The number of hydrogen-bond acceptors (Lipinski definition) is 7. The summed E-state index contributed by atoms with van der Waals surface area (Å²) in [6.45, 7) is -0.678. The molecule has 5 aromatic rings. The van der Waals surface area contributed by atoms with Gasteiger partial charge in [0.1, 0.15) is 12.2 Å². The Morgan fingerprint density at radius 3 is 2.38 bits per heavy atom. The van der Waals surface area contributed by atoms with Crippen molar-refractivity contribution < 1.29 is 24.9 Å². The molecule has 1 amide bonds. The second-order valence-corrected chi connectivity index (χ2v) is 9.30. The summed E-state index contributed by atoms with van der Waals surface area (Å²) in [6.07, 6.45) is -3.71. The molecule has 0 saturated carbocycles. The first kappa shape index (κ1) is 23.3. The third-order valence-corrected chi connectivity index (χ3v) is 7.08. The molecule has 4 atom stereocenters. The lowest BCUT2D eigenvalue weighted by Gasteiger charge is -2.32. The normalized spacial score (nSPS) is 23.8. The first-order valence-corrected chi connectivity index (χ1v) is 11.7. The Balaban J connectivity index is 1.37. The van der Waals surface area contributed by atoms with Crippen LogP contribution in [-0.2, 0) is 16.0 Å². The molecular formula is C27H23N3O7. The van der Waals surface area contributed by atoms with E-state index in [1.165, 1.54) is 0 Å². The van der Waals surface area contributed by atoms with Gasteiger partial charge in [0.15, 0.2) is 6.23 Å². The lowest BCUT2D eigenvalue weighted by molar-refractivity contribution is -0.152. The fraction of sp³-hybridized carbons (Fsp3) is 0.222. The molecule has 5 N–H and O–H groups in total. The summed E-state index contributed by atoms with van der Waals surface area (Å²) in [5.41, 5.74) is -3.34. The number of hydrogen-bond donors (Lipinski definition) is 5. The van der Waals surface area contributed by atoms with Gasteiger partial charge in [0.2, 0.25) is 11.6 Å². The van der Waals surface area contributed by atoms with E-state index in [2.05, 4.69) is 11.4 Å². The van der Waals surface area contributed by atoms with Gasteiger partial charge in [-0.15, -0.1) is 0 Å². The molecule has 0 spiro atoms. The number of aromatic amines is 1. The van der Waals surface area contributed by atoms with Crippen LogP contribution in [0, 0.1) is 0 Å². The molecule has 1 aliphatic heterocycles. The zero-order valence-corrected chi connectivity index (χ0v) is 19.4. The lowest BCUT2D eigenvalue weighted by Crippen LogP contribution is -2.61. The van der Waals surface area contributed by atoms with Gasteiger partial charge in [0.25, 0.3) is 5.56 Å². The van der Waals surface area contributed by atoms with Crippen molar-refractivity contribution in [3.63, 3.8) is 0 Å². The zero-order valence-electron chi connectivity index (χ0n) is 19.4. The largest absolute Gasteiger partial charge is 0.394 e. The average Bonchev–Trinajstić information content (AvgIpc) is 3.12.